The van der Waals surface area contributed by atoms with Crippen LogP contribution in [0.25, 0.3) is 0 Å². The van der Waals surface area contributed by atoms with Crippen molar-refractivity contribution in [1.82, 2.24) is 10.4 Å². The van der Waals surface area contributed by atoms with E-state index in [0.717, 1.165) is 18.4 Å². The van der Waals surface area contributed by atoms with Gasteiger partial charge in [-0.2, -0.15) is 0 Å². The van der Waals surface area contributed by atoms with Crippen molar-refractivity contribution in [1.29, 1.82) is 0 Å². The smallest absolute Gasteiger partial charge is 0.155 e. The minimum Gasteiger partial charge on any atom is -0.495 e. The van der Waals surface area contributed by atoms with Gasteiger partial charge in [-0.25, -0.2) is 8.42 Å². The molecule has 0 aromatic carbocycles. The molecule has 2 heterocycles. The number of sulfone groups is 1. The molecule has 106 valence electrons. The minimum absolute atomic E-state index is 0.229. The van der Waals surface area contributed by atoms with Gasteiger partial charge in [0.25, 0.3) is 0 Å². The van der Waals surface area contributed by atoms with E-state index in [9.17, 15) is 8.42 Å². The van der Waals surface area contributed by atoms with Gasteiger partial charge in [-0.05, 0) is 24.5 Å². The van der Waals surface area contributed by atoms with Gasteiger partial charge in [0.1, 0.15) is 5.75 Å². The van der Waals surface area contributed by atoms with Gasteiger partial charge in [-0.3, -0.25) is 16.3 Å². The van der Waals surface area contributed by atoms with Crippen molar-refractivity contribution in [2.24, 2.45) is 5.84 Å². The Morgan fingerprint density at radius 3 is 2.89 bits per heavy atom. The van der Waals surface area contributed by atoms with Gasteiger partial charge in [0.05, 0.1) is 30.4 Å². The van der Waals surface area contributed by atoms with E-state index in [4.69, 9.17) is 10.6 Å². The summed E-state index contributed by atoms with van der Waals surface area (Å²) in [5.41, 5.74) is 3.35. The number of hydrazine groups is 1. The number of rotatable bonds is 4. The third-order valence-electron chi connectivity index (χ3n) is 3.51. The lowest BCUT2D eigenvalue weighted by Crippen LogP contribution is -2.43. The number of aromatic nitrogens is 1. The van der Waals surface area contributed by atoms with Crippen LogP contribution in [0, 0.1) is 0 Å². The predicted octanol–water partition coefficient (Wildman–Crippen LogP) is 0.562. The first kappa shape index (κ1) is 14.2. The zero-order valence-electron chi connectivity index (χ0n) is 10.9. The molecule has 2 unspecified atom stereocenters. The minimum atomic E-state index is -3.11. The molecule has 0 bridgehead atoms. The number of hydrogen-bond donors (Lipinski definition) is 2. The lowest BCUT2D eigenvalue weighted by molar-refractivity contribution is 0.408. The average Bonchev–Trinajstić information content (AvgIpc) is 2.41. The molecule has 1 aromatic heterocycles. The van der Waals surface area contributed by atoms with Crippen LogP contribution < -0.4 is 16.0 Å². The Bertz CT molecular complexity index is 533. The lowest BCUT2D eigenvalue weighted by Gasteiger charge is -2.29. The topological polar surface area (TPSA) is 94.3 Å². The molecule has 3 N–H and O–H groups in total. The summed E-state index contributed by atoms with van der Waals surface area (Å²) in [4.78, 5) is 4.05. The first-order valence-electron chi connectivity index (χ1n) is 6.25. The number of nitrogens with two attached hydrogens (primary N) is 1. The number of nitrogens with zero attached hydrogens (tertiary/aromatic N) is 1. The summed E-state index contributed by atoms with van der Waals surface area (Å²) < 4.78 is 29.4. The predicted molar refractivity (Wildman–Crippen MR) is 72.3 cm³/mol. The first-order chi connectivity index (χ1) is 9.08. The monoisotopic (exact) mass is 285 g/mol. The van der Waals surface area contributed by atoms with Crippen LogP contribution in [0.2, 0.25) is 0 Å². The summed E-state index contributed by atoms with van der Waals surface area (Å²) in [6.45, 7) is 0. The molecule has 2 rings (SSSR count). The van der Waals surface area contributed by atoms with Crippen molar-refractivity contribution in [3.05, 3.63) is 24.0 Å². The highest BCUT2D eigenvalue weighted by atomic mass is 32.2. The molecule has 6 nitrogen and oxygen atoms in total. The van der Waals surface area contributed by atoms with Crippen LogP contribution in [-0.2, 0) is 9.84 Å². The molecule has 0 radical (unpaired) electrons. The first-order valence-corrected chi connectivity index (χ1v) is 7.96. The Hall–Kier alpha value is -1.18. The maximum Gasteiger partial charge on any atom is 0.155 e. The normalized spacial score (nSPS) is 23.8. The highest BCUT2D eigenvalue weighted by molar-refractivity contribution is 7.92. The molecule has 0 aliphatic carbocycles. The van der Waals surface area contributed by atoms with Gasteiger partial charge in [-0.1, -0.05) is 6.42 Å². The van der Waals surface area contributed by atoms with E-state index in [2.05, 4.69) is 10.4 Å². The van der Waals surface area contributed by atoms with Gasteiger partial charge in [0.2, 0.25) is 0 Å². The van der Waals surface area contributed by atoms with Crippen LogP contribution >= 0.6 is 0 Å². The molecule has 1 saturated heterocycles. The van der Waals surface area contributed by atoms with Crippen molar-refractivity contribution in [2.75, 3.05) is 12.9 Å². The molecule has 0 saturated carbocycles. The maximum absolute atomic E-state index is 12.2. The largest absolute Gasteiger partial charge is 0.495 e. The van der Waals surface area contributed by atoms with E-state index >= 15 is 0 Å². The SMILES string of the molecule is COc1cncc(C(NN)C2CCCCS2(=O)=O)c1. The maximum atomic E-state index is 12.2. The van der Waals surface area contributed by atoms with Crippen molar-refractivity contribution in [3.8, 4) is 5.75 Å². The summed E-state index contributed by atoms with van der Waals surface area (Å²) >= 11 is 0. The third kappa shape index (κ3) is 3.05. The molecule has 1 aliphatic rings. The molecule has 0 amide bonds. The highest BCUT2D eigenvalue weighted by Gasteiger charge is 2.36. The van der Waals surface area contributed by atoms with Crippen LogP contribution in [0.3, 0.4) is 0 Å². The summed E-state index contributed by atoms with van der Waals surface area (Å²) in [6, 6.07) is 1.31. The number of nitrogens with one attached hydrogen (secondary N) is 1. The molecular weight excluding hydrogens is 266 g/mol. The molecule has 19 heavy (non-hydrogen) atoms. The highest BCUT2D eigenvalue weighted by Crippen LogP contribution is 2.31. The van der Waals surface area contributed by atoms with E-state index in [0.29, 0.717) is 12.2 Å². The number of pyridine rings is 1. The van der Waals surface area contributed by atoms with Crippen molar-refractivity contribution in [3.63, 3.8) is 0 Å². The van der Waals surface area contributed by atoms with Crippen LogP contribution in [0.5, 0.6) is 5.75 Å². The van der Waals surface area contributed by atoms with Crippen molar-refractivity contribution < 1.29 is 13.2 Å². The zero-order chi connectivity index (χ0) is 13.9. The van der Waals surface area contributed by atoms with E-state index < -0.39 is 21.1 Å². The lowest BCUT2D eigenvalue weighted by atomic mass is 10.0. The summed E-state index contributed by atoms with van der Waals surface area (Å²) in [7, 11) is -1.57. The quantitative estimate of drug-likeness (QED) is 0.620. The Morgan fingerprint density at radius 1 is 1.47 bits per heavy atom. The summed E-state index contributed by atoms with van der Waals surface area (Å²) in [5.74, 6) is 6.38. The molecule has 1 aliphatic heterocycles. The van der Waals surface area contributed by atoms with E-state index in [1.54, 1.807) is 25.6 Å². The van der Waals surface area contributed by atoms with Crippen LogP contribution in [-0.4, -0.2) is 31.5 Å². The Labute approximate surface area is 113 Å². The number of ether oxygens (including phenoxy) is 1. The molecule has 7 heteroatoms. The van der Waals surface area contributed by atoms with Gasteiger partial charge in [0, 0.05) is 6.20 Å². The van der Waals surface area contributed by atoms with Crippen LogP contribution in [0.1, 0.15) is 30.9 Å². The molecule has 1 aromatic rings. The van der Waals surface area contributed by atoms with Crippen molar-refractivity contribution in [2.45, 2.75) is 30.6 Å². The fourth-order valence-electron chi connectivity index (χ4n) is 2.49. The average molecular weight is 285 g/mol. The molecule has 0 spiro atoms. The molecular formula is C12H19N3O3S. The zero-order valence-corrected chi connectivity index (χ0v) is 11.7. The summed E-state index contributed by atoms with van der Waals surface area (Å²) in [6.07, 6.45) is 5.45. The van der Waals surface area contributed by atoms with Gasteiger partial charge >= 0.3 is 0 Å². The number of hydrogen-bond acceptors (Lipinski definition) is 6. The molecule has 1 fully saturated rings. The van der Waals surface area contributed by atoms with E-state index in [1.165, 1.54) is 0 Å². The number of methoxy groups -OCH3 is 1. The second kappa shape index (κ2) is 5.85. The Kier molecular flexibility index (Phi) is 4.38. The van der Waals surface area contributed by atoms with Gasteiger partial charge in [-0.15, -0.1) is 0 Å². The second-order valence-electron chi connectivity index (χ2n) is 4.70. The summed E-state index contributed by atoms with van der Waals surface area (Å²) in [5, 5.41) is -0.500. The third-order valence-corrected chi connectivity index (χ3v) is 5.80. The van der Waals surface area contributed by atoms with Gasteiger partial charge in [0.15, 0.2) is 9.84 Å². The van der Waals surface area contributed by atoms with Gasteiger partial charge < -0.3 is 4.74 Å². The van der Waals surface area contributed by atoms with Crippen LogP contribution in [0.15, 0.2) is 18.5 Å². The van der Waals surface area contributed by atoms with Crippen molar-refractivity contribution >= 4 is 9.84 Å². The van der Waals surface area contributed by atoms with Crippen LogP contribution in [0.4, 0.5) is 0 Å². The van der Waals surface area contributed by atoms with E-state index in [-0.39, 0.29) is 5.75 Å². The fourth-order valence-corrected chi connectivity index (χ4v) is 4.57. The molecule has 2 atom stereocenters. The second-order valence-corrected chi connectivity index (χ2v) is 7.04. The standard InChI is InChI=1S/C12H19N3O3S/c1-18-10-6-9(7-14-8-10)12(15-13)11-4-2-3-5-19(11,16)17/h6-8,11-12,15H,2-5,13H2,1H3. The Balaban J connectivity index is 2.33. The Morgan fingerprint density at radius 2 is 2.26 bits per heavy atom. The van der Waals surface area contributed by atoms with E-state index in [1.807, 2.05) is 0 Å². The fraction of sp³-hybridized carbons (Fsp3) is 0.583.